The molecule has 4 nitrogen and oxygen atoms in total. The highest BCUT2D eigenvalue weighted by atomic mass is 16.3. The van der Waals surface area contributed by atoms with Gasteiger partial charge in [0.25, 0.3) is 5.91 Å². The molecule has 2 aromatic heterocycles. The van der Waals surface area contributed by atoms with Crippen LogP contribution in [0, 0.1) is 13.8 Å². The van der Waals surface area contributed by atoms with E-state index < -0.39 is 0 Å². The summed E-state index contributed by atoms with van der Waals surface area (Å²) < 4.78 is 5.21. The zero-order valence-electron chi connectivity index (χ0n) is 10.6. The largest absolute Gasteiger partial charge is 0.469 e. The standard InChI is InChI=1S/C14H16N2O2/c1-10-9-18-11(2)13(10)14(17)16-8-6-12-5-3-4-7-15-12/h3-5,7,9H,6,8H2,1-2H3,(H,16,17). The highest BCUT2D eigenvalue weighted by Gasteiger charge is 2.14. The average molecular weight is 244 g/mol. The number of carbonyl (C=O) groups is 1. The van der Waals surface area contributed by atoms with Crippen LogP contribution in [0.2, 0.25) is 0 Å². The molecule has 94 valence electrons. The lowest BCUT2D eigenvalue weighted by atomic mass is 10.1. The molecule has 0 atom stereocenters. The number of nitrogens with one attached hydrogen (secondary N) is 1. The van der Waals surface area contributed by atoms with E-state index in [4.69, 9.17) is 4.42 Å². The zero-order valence-corrected chi connectivity index (χ0v) is 10.6. The van der Waals surface area contributed by atoms with Crippen LogP contribution in [0.15, 0.2) is 35.1 Å². The Hall–Kier alpha value is -2.10. The second-order valence-corrected chi connectivity index (χ2v) is 4.18. The van der Waals surface area contributed by atoms with Crippen LogP contribution in [0.5, 0.6) is 0 Å². The summed E-state index contributed by atoms with van der Waals surface area (Å²) >= 11 is 0. The third kappa shape index (κ3) is 2.77. The van der Waals surface area contributed by atoms with E-state index in [-0.39, 0.29) is 5.91 Å². The summed E-state index contributed by atoms with van der Waals surface area (Å²) in [6, 6.07) is 5.76. The first kappa shape index (κ1) is 12.4. The van der Waals surface area contributed by atoms with Gasteiger partial charge in [0.15, 0.2) is 0 Å². The minimum atomic E-state index is -0.0883. The lowest BCUT2D eigenvalue weighted by Gasteiger charge is -2.04. The maximum atomic E-state index is 11.9. The normalized spacial score (nSPS) is 10.3. The van der Waals surface area contributed by atoms with E-state index in [9.17, 15) is 4.79 Å². The molecule has 0 spiro atoms. The van der Waals surface area contributed by atoms with E-state index in [1.54, 1.807) is 19.4 Å². The molecule has 0 saturated carbocycles. The minimum absolute atomic E-state index is 0.0883. The number of furan rings is 1. The number of aromatic nitrogens is 1. The van der Waals surface area contributed by atoms with Gasteiger partial charge in [-0.05, 0) is 26.0 Å². The van der Waals surface area contributed by atoms with Gasteiger partial charge in [0, 0.05) is 30.4 Å². The van der Waals surface area contributed by atoms with Gasteiger partial charge in [-0.3, -0.25) is 9.78 Å². The monoisotopic (exact) mass is 244 g/mol. The molecular formula is C14H16N2O2. The first-order valence-corrected chi connectivity index (χ1v) is 5.91. The molecule has 0 bridgehead atoms. The molecule has 0 fully saturated rings. The van der Waals surface area contributed by atoms with Gasteiger partial charge in [-0.15, -0.1) is 0 Å². The lowest BCUT2D eigenvalue weighted by molar-refractivity contribution is 0.0952. The van der Waals surface area contributed by atoms with Crippen LogP contribution < -0.4 is 5.32 Å². The van der Waals surface area contributed by atoms with Gasteiger partial charge < -0.3 is 9.73 Å². The summed E-state index contributed by atoms with van der Waals surface area (Å²) in [6.45, 7) is 4.23. The fourth-order valence-corrected chi connectivity index (χ4v) is 1.85. The predicted molar refractivity (Wildman–Crippen MR) is 68.5 cm³/mol. The van der Waals surface area contributed by atoms with Gasteiger partial charge in [0.1, 0.15) is 5.76 Å². The van der Waals surface area contributed by atoms with E-state index in [1.165, 1.54) is 0 Å². The summed E-state index contributed by atoms with van der Waals surface area (Å²) in [5.41, 5.74) is 2.47. The topological polar surface area (TPSA) is 55.1 Å². The van der Waals surface area contributed by atoms with E-state index in [2.05, 4.69) is 10.3 Å². The summed E-state index contributed by atoms with van der Waals surface area (Å²) in [5, 5.41) is 2.88. The van der Waals surface area contributed by atoms with E-state index in [0.717, 1.165) is 17.7 Å². The molecule has 0 radical (unpaired) electrons. The SMILES string of the molecule is Cc1coc(C)c1C(=O)NCCc1ccccn1. The van der Waals surface area contributed by atoms with Gasteiger partial charge in [-0.25, -0.2) is 0 Å². The highest BCUT2D eigenvalue weighted by molar-refractivity contribution is 5.96. The van der Waals surface area contributed by atoms with Crippen molar-refractivity contribution in [2.24, 2.45) is 0 Å². The third-order valence-corrected chi connectivity index (χ3v) is 2.78. The van der Waals surface area contributed by atoms with Crippen LogP contribution in [-0.2, 0) is 6.42 Å². The van der Waals surface area contributed by atoms with Gasteiger partial charge in [0.2, 0.25) is 0 Å². The van der Waals surface area contributed by atoms with Crippen molar-refractivity contribution in [3.05, 3.63) is 53.2 Å². The maximum absolute atomic E-state index is 11.9. The number of nitrogens with zero attached hydrogens (tertiary/aromatic N) is 1. The number of hydrogen-bond acceptors (Lipinski definition) is 3. The van der Waals surface area contributed by atoms with Crippen LogP contribution in [0.1, 0.15) is 27.4 Å². The Balaban J connectivity index is 1.90. The fourth-order valence-electron chi connectivity index (χ4n) is 1.85. The molecule has 0 aliphatic carbocycles. The van der Waals surface area contributed by atoms with Crippen molar-refractivity contribution < 1.29 is 9.21 Å². The fraction of sp³-hybridized carbons (Fsp3) is 0.286. The van der Waals surface area contributed by atoms with Crippen LogP contribution >= 0.6 is 0 Å². The minimum Gasteiger partial charge on any atom is -0.469 e. The smallest absolute Gasteiger partial charge is 0.255 e. The van der Waals surface area contributed by atoms with Crippen LogP contribution in [0.25, 0.3) is 0 Å². The zero-order chi connectivity index (χ0) is 13.0. The molecule has 18 heavy (non-hydrogen) atoms. The molecule has 4 heteroatoms. The van der Waals surface area contributed by atoms with E-state index in [1.807, 2.05) is 25.1 Å². The van der Waals surface area contributed by atoms with Crippen molar-refractivity contribution in [3.8, 4) is 0 Å². The van der Waals surface area contributed by atoms with E-state index >= 15 is 0 Å². The molecule has 2 heterocycles. The number of rotatable bonds is 4. The van der Waals surface area contributed by atoms with Crippen LogP contribution in [-0.4, -0.2) is 17.4 Å². The quantitative estimate of drug-likeness (QED) is 0.897. The van der Waals surface area contributed by atoms with Crippen molar-refractivity contribution >= 4 is 5.91 Å². The summed E-state index contributed by atoms with van der Waals surface area (Å²) in [4.78, 5) is 16.1. The summed E-state index contributed by atoms with van der Waals surface area (Å²) in [5.74, 6) is 0.567. The van der Waals surface area contributed by atoms with Gasteiger partial charge in [-0.1, -0.05) is 6.07 Å². The molecular weight excluding hydrogens is 228 g/mol. The third-order valence-electron chi connectivity index (χ3n) is 2.78. The first-order chi connectivity index (χ1) is 8.68. The Bertz CT molecular complexity index is 512. The Labute approximate surface area is 106 Å². The maximum Gasteiger partial charge on any atom is 0.255 e. The molecule has 2 rings (SSSR count). The molecule has 1 N–H and O–H groups in total. The molecule has 0 aromatic carbocycles. The first-order valence-electron chi connectivity index (χ1n) is 5.91. The predicted octanol–water partition coefficient (Wildman–Crippen LogP) is 2.26. The van der Waals surface area contributed by atoms with Crippen molar-refractivity contribution in [1.29, 1.82) is 0 Å². The highest BCUT2D eigenvalue weighted by Crippen LogP contribution is 2.14. The molecule has 0 unspecified atom stereocenters. The molecule has 1 amide bonds. The number of amides is 1. The van der Waals surface area contributed by atoms with Crippen LogP contribution in [0.4, 0.5) is 0 Å². The Kier molecular flexibility index (Phi) is 3.77. The van der Waals surface area contributed by atoms with Gasteiger partial charge >= 0.3 is 0 Å². The van der Waals surface area contributed by atoms with Crippen molar-refractivity contribution in [2.45, 2.75) is 20.3 Å². The Morgan fingerprint density at radius 3 is 2.83 bits per heavy atom. The summed E-state index contributed by atoms with van der Waals surface area (Å²) in [6.07, 6.45) is 4.08. The number of pyridine rings is 1. The molecule has 2 aromatic rings. The summed E-state index contributed by atoms with van der Waals surface area (Å²) in [7, 11) is 0. The Morgan fingerprint density at radius 1 is 1.39 bits per heavy atom. The molecule has 0 aliphatic rings. The second kappa shape index (κ2) is 5.49. The van der Waals surface area contributed by atoms with Crippen LogP contribution in [0.3, 0.4) is 0 Å². The van der Waals surface area contributed by atoms with Gasteiger partial charge in [-0.2, -0.15) is 0 Å². The lowest BCUT2D eigenvalue weighted by Crippen LogP contribution is -2.26. The van der Waals surface area contributed by atoms with Gasteiger partial charge in [0.05, 0.1) is 11.8 Å². The van der Waals surface area contributed by atoms with Crippen molar-refractivity contribution in [1.82, 2.24) is 10.3 Å². The second-order valence-electron chi connectivity index (χ2n) is 4.18. The van der Waals surface area contributed by atoms with E-state index in [0.29, 0.717) is 17.9 Å². The molecule has 0 aliphatic heterocycles. The Morgan fingerprint density at radius 2 is 2.22 bits per heavy atom. The number of carbonyl (C=O) groups excluding carboxylic acids is 1. The number of aryl methyl sites for hydroxylation is 2. The van der Waals surface area contributed by atoms with Crippen molar-refractivity contribution in [2.75, 3.05) is 6.54 Å². The van der Waals surface area contributed by atoms with Crippen molar-refractivity contribution in [3.63, 3.8) is 0 Å². The average Bonchev–Trinajstić information content (AvgIpc) is 2.70. The number of hydrogen-bond donors (Lipinski definition) is 1. The molecule has 0 saturated heterocycles.